The molecule has 3 N–H and O–H groups in total. The maximum atomic E-state index is 11.6. The van der Waals surface area contributed by atoms with Crippen molar-refractivity contribution >= 4 is 17.7 Å². The van der Waals surface area contributed by atoms with Gasteiger partial charge in [0.25, 0.3) is 0 Å². The summed E-state index contributed by atoms with van der Waals surface area (Å²) in [6.45, 7) is 2.46. The Hall–Kier alpha value is -0.220. The molecular weight excluding hydrogens is 184 g/mol. The summed E-state index contributed by atoms with van der Waals surface area (Å²) in [5.74, 6) is 2.66. The van der Waals surface area contributed by atoms with Crippen LogP contribution in [-0.2, 0) is 4.79 Å². The van der Waals surface area contributed by atoms with E-state index in [1.165, 1.54) is 0 Å². The Morgan fingerprint density at radius 1 is 1.62 bits per heavy atom. The molecule has 0 spiro atoms. The van der Waals surface area contributed by atoms with Gasteiger partial charge in [-0.15, -0.1) is 0 Å². The number of carbonyl (C=O) groups is 1. The maximum Gasteiger partial charge on any atom is 0.223 e. The second-order valence-electron chi connectivity index (χ2n) is 3.53. The van der Waals surface area contributed by atoms with E-state index in [2.05, 4.69) is 5.32 Å². The van der Waals surface area contributed by atoms with E-state index in [4.69, 9.17) is 5.73 Å². The van der Waals surface area contributed by atoms with Crippen molar-refractivity contribution in [2.24, 2.45) is 11.7 Å². The topological polar surface area (TPSA) is 55.1 Å². The molecule has 0 aliphatic carbocycles. The average Bonchev–Trinajstić information content (AvgIpc) is 2.19. The normalized spacial score (nSPS) is 21.1. The standard InChI is InChI=1S/C9H18N2OS/c1-7(6-10)11-9(12)8-2-4-13-5-3-8/h7-8H,2-6,10H2,1H3,(H,11,12). The highest BCUT2D eigenvalue weighted by molar-refractivity contribution is 7.99. The summed E-state index contributed by atoms with van der Waals surface area (Å²) in [5.41, 5.74) is 5.43. The Bertz CT molecular complexity index is 169. The zero-order valence-corrected chi connectivity index (χ0v) is 8.90. The largest absolute Gasteiger partial charge is 0.352 e. The SMILES string of the molecule is CC(CN)NC(=O)C1CCSCC1. The van der Waals surface area contributed by atoms with Crippen molar-refractivity contribution in [3.8, 4) is 0 Å². The van der Waals surface area contributed by atoms with Crippen LogP contribution in [0, 0.1) is 5.92 Å². The summed E-state index contributed by atoms with van der Waals surface area (Å²) in [4.78, 5) is 11.6. The molecule has 1 heterocycles. The fourth-order valence-electron chi connectivity index (χ4n) is 1.38. The number of hydrogen-bond acceptors (Lipinski definition) is 3. The number of carbonyl (C=O) groups excluding carboxylic acids is 1. The van der Waals surface area contributed by atoms with E-state index < -0.39 is 0 Å². The maximum absolute atomic E-state index is 11.6. The molecule has 1 saturated heterocycles. The van der Waals surface area contributed by atoms with Crippen LogP contribution in [0.15, 0.2) is 0 Å². The van der Waals surface area contributed by atoms with Crippen LogP contribution in [0.2, 0.25) is 0 Å². The number of thioether (sulfide) groups is 1. The van der Waals surface area contributed by atoms with Crippen molar-refractivity contribution < 1.29 is 4.79 Å². The zero-order valence-electron chi connectivity index (χ0n) is 8.08. The predicted molar refractivity (Wildman–Crippen MR) is 56.7 cm³/mol. The second kappa shape index (κ2) is 5.50. The van der Waals surface area contributed by atoms with E-state index in [0.29, 0.717) is 6.54 Å². The molecule has 1 atom stereocenters. The monoisotopic (exact) mass is 202 g/mol. The van der Waals surface area contributed by atoms with E-state index in [1.807, 2.05) is 18.7 Å². The van der Waals surface area contributed by atoms with Crippen LogP contribution in [0.3, 0.4) is 0 Å². The first kappa shape index (κ1) is 10.9. The van der Waals surface area contributed by atoms with E-state index >= 15 is 0 Å². The molecule has 0 bridgehead atoms. The smallest absolute Gasteiger partial charge is 0.223 e. The molecule has 1 rings (SSSR count). The van der Waals surface area contributed by atoms with Crippen molar-refractivity contribution in [3.05, 3.63) is 0 Å². The van der Waals surface area contributed by atoms with Gasteiger partial charge in [0.1, 0.15) is 0 Å². The Morgan fingerprint density at radius 3 is 2.77 bits per heavy atom. The highest BCUT2D eigenvalue weighted by atomic mass is 32.2. The third kappa shape index (κ3) is 3.56. The lowest BCUT2D eigenvalue weighted by Gasteiger charge is -2.22. The van der Waals surface area contributed by atoms with Gasteiger partial charge in [-0.3, -0.25) is 4.79 Å². The van der Waals surface area contributed by atoms with Crippen molar-refractivity contribution in [2.45, 2.75) is 25.8 Å². The van der Waals surface area contributed by atoms with Gasteiger partial charge in [0.2, 0.25) is 5.91 Å². The van der Waals surface area contributed by atoms with Crippen molar-refractivity contribution in [2.75, 3.05) is 18.1 Å². The minimum Gasteiger partial charge on any atom is -0.352 e. The summed E-state index contributed by atoms with van der Waals surface area (Å²) >= 11 is 1.94. The lowest BCUT2D eigenvalue weighted by Crippen LogP contribution is -2.42. The summed E-state index contributed by atoms with van der Waals surface area (Å²) < 4.78 is 0. The molecule has 0 aromatic rings. The molecule has 1 fully saturated rings. The molecule has 1 aliphatic rings. The quantitative estimate of drug-likeness (QED) is 0.704. The summed E-state index contributed by atoms with van der Waals surface area (Å²) in [5, 5.41) is 2.93. The lowest BCUT2D eigenvalue weighted by atomic mass is 10.0. The van der Waals surface area contributed by atoms with Gasteiger partial charge in [-0.1, -0.05) is 0 Å². The highest BCUT2D eigenvalue weighted by Crippen LogP contribution is 2.22. The summed E-state index contributed by atoms with van der Waals surface area (Å²) in [7, 11) is 0. The third-order valence-corrected chi connectivity index (χ3v) is 3.38. The zero-order chi connectivity index (χ0) is 9.68. The van der Waals surface area contributed by atoms with Crippen LogP contribution in [-0.4, -0.2) is 30.0 Å². The third-order valence-electron chi connectivity index (χ3n) is 2.33. The first-order valence-corrected chi connectivity index (χ1v) is 5.97. The van der Waals surface area contributed by atoms with Gasteiger partial charge in [0.05, 0.1) is 0 Å². The molecule has 4 heteroatoms. The van der Waals surface area contributed by atoms with E-state index in [-0.39, 0.29) is 17.9 Å². The van der Waals surface area contributed by atoms with E-state index in [0.717, 1.165) is 24.3 Å². The van der Waals surface area contributed by atoms with Gasteiger partial charge in [-0.05, 0) is 31.3 Å². The lowest BCUT2D eigenvalue weighted by molar-refractivity contribution is -0.125. The van der Waals surface area contributed by atoms with E-state index in [1.54, 1.807) is 0 Å². The average molecular weight is 202 g/mol. The van der Waals surface area contributed by atoms with Gasteiger partial charge in [0.15, 0.2) is 0 Å². The molecule has 1 aliphatic heterocycles. The van der Waals surface area contributed by atoms with Gasteiger partial charge >= 0.3 is 0 Å². The molecule has 1 amide bonds. The molecule has 1 unspecified atom stereocenters. The van der Waals surface area contributed by atoms with Gasteiger partial charge in [-0.2, -0.15) is 11.8 Å². The molecule has 76 valence electrons. The second-order valence-corrected chi connectivity index (χ2v) is 4.76. The van der Waals surface area contributed by atoms with E-state index in [9.17, 15) is 4.79 Å². The Morgan fingerprint density at radius 2 is 2.23 bits per heavy atom. The molecule has 13 heavy (non-hydrogen) atoms. The Balaban J connectivity index is 2.29. The minimum absolute atomic E-state index is 0.113. The van der Waals surface area contributed by atoms with Gasteiger partial charge < -0.3 is 11.1 Å². The molecule has 0 aromatic heterocycles. The van der Waals surface area contributed by atoms with Gasteiger partial charge in [0, 0.05) is 18.5 Å². The number of hydrogen-bond donors (Lipinski definition) is 2. The number of rotatable bonds is 3. The Labute approximate surface area is 83.8 Å². The minimum atomic E-state index is 0.113. The van der Waals surface area contributed by atoms with Crippen molar-refractivity contribution in [1.29, 1.82) is 0 Å². The van der Waals surface area contributed by atoms with Crippen LogP contribution in [0.5, 0.6) is 0 Å². The van der Waals surface area contributed by atoms with Crippen LogP contribution in [0.25, 0.3) is 0 Å². The molecule has 3 nitrogen and oxygen atoms in total. The first-order valence-electron chi connectivity index (χ1n) is 4.82. The van der Waals surface area contributed by atoms with Gasteiger partial charge in [-0.25, -0.2) is 0 Å². The first-order chi connectivity index (χ1) is 6.24. The molecule has 0 radical (unpaired) electrons. The molecule has 0 aromatic carbocycles. The van der Waals surface area contributed by atoms with Crippen LogP contribution in [0.1, 0.15) is 19.8 Å². The highest BCUT2D eigenvalue weighted by Gasteiger charge is 2.21. The fraction of sp³-hybridized carbons (Fsp3) is 0.889. The van der Waals surface area contributed by atoms with Crippen LogP contribution < -0.4 is 11.1 Å². The summed E-state index contributed by atoms with van der Waals surface area (Å²) in [6, 6.07) is 0.113. The Kier molecular flexibility index (Phi) is 4.59. The predicted octanol–water partition coefficient (Wildman–Crippen LogP) is 0.593. The van der Waals surface area contributed by atoms with Crippen LogP contribution in [0.4, 0.5) is 0 Å². The molecule has 0 saturated carbocycles. The number of nitrogens with two attached hydrogens (primary N) is 1. The number of amides is 1. The summed E-state index contributed by atoms with van der Waals surface area (Å²) in [6.07, 6.45) is 2.04. The number of nitrogens with one attached hydrogen (secondary N) is 1. The fourth-order valence-corrected chi connectivity index (χ4v) is 2.49. The molecular formula is C9H18N2OS. The van der Waals surface area contributed by atoms with Crippen LogP contribution >= 0.6 is 11.8 Å². The van der Waals surface area contributed by atoms with Crippen molar-refractivity contribution in [3.63, 3.8) is 0 Å². The van der Waals surface area contributed by atoms with Crippen molar-refractivity contribution in [1.82, 2.24) is 5.32 Å².